The minimum absolute atomic E-state index is 0.0996. The molecule has 0 aromatic rings. The van der Waals surface area contributed by atoms with Gasteiger partial charge in [0, 0.05) is 5.92 Å². The topological polar surface area (TPSA) is 66.8 Å². The molecule has 0 radical (unpaired) electrons. The molecule has 4 nitrogen and oxygen atoms in total. The Balaban J connectivity index is 2.39. The molecule has 0 bridgehead atoms. The van der Waals surface area contributed by atoms with E-state index in [1.54, 1.807) is 0 Å². The summed E-state index contributed by atoms with van der Waals surface area (Å²) >= 11 is 0. The maximum absolute atomic E-state index is 11.4. The maximum Gasteiger partial charge on any atom is 0.312 e. The highest BCUT2D eigenvalue weighted by atomic mass is 16.5. The first-order chi connectivity index (χ1) is 7.56. The molecule has 1 aliphatic heterocycles. The van der Waals surface area contributed by atoms with Crippen molar-refractivity contribution in [1.29, 1.82) is 0 Å². The van der Waals surface area contributed by atoms with E-state index in [0.29, 0.717) is 12.3 Å². The van der Waals surface area contributed by atoms with E-state index in [4.69, 9.17) is 9.84 Å². The van der Waals surface area contributed by atoms with E-state index in [9.17, 15) is 9.90 Å². The highest BCUT2D eigenvalue weighted by Gasteiger charge is 2.41. The second kappa shape index (κ2) is 6.21. The molecule has 0 aromatic carbocycles. The van der Waals surface area contributed by atoms with Gasteiger partial charge in [-0.05, 0) is 12.3 Å². The Morgan fingerprint density at radius 3 is 2.69 bits per heavy atom. The van der Waals surface area contributed by atoms with Crippen LogP contribution in [0.5, 0.6) is 0 Å². The quantitative estimate of drug-likeness (QED) is 0.667. The van der Waals surface area contributed by atoms with Crippen LogP contribution in [0.15, 0.2) is 0 Å². The Labute approximate surface area is 96.6 Å². The Morgan fingerprint density at radius 1 is 1.44 bits per heavy atom. The number of rotatable bonds is 6. The van der Waals surface area contributed by atoms with Crippen LogP contribution in [0.2, 0.25) is 0 Å². The molecule has 94 valence electrons. The molecular weight excluding hydrogens is 208 g/mol. The minimum Gasteiger partial charge on any atom is -0.465 e. The summed E-state index contributed by atoms with van der Waals surface area (Å²) in [5, 5.41) is 19.0. The molecule has 0 aromatic heterocycles. The first kappa shape index (κ1) is 13.5. The van der Waals surface area contributed by atoms with E-state index in [-0.39, 0.29) is 25.1 Å². The van der Waals surface area contributed by atoms with Crippen molar-refractivity contribution in [2.45, 2.75) is 39.2 Å². The second-order valence-electron chi connectivity index (χ2n) is 4.99. The summed E-state index contributed by atoms with van der Waals surface area (Å²) < 4.78 is 4.86. The molecule has 4 heteroatoms. The number of ether oxygens (including phenoxy) is 1. The minimum atomic E-state index is -0.675. The van der Waals surface area contributed by atoms with Crippen molar-refractivity contribution in [1.82, 2.24) is 0 Å². The lowest BCUT2D eigenvalue weighted by Crippen LogP contribution is -2.31. The predicted molar refractivity (Wildman–Crippen MR) is 59.7 cm³/mol. The molecule has 2 N–H and O–H groups in total. The van der Waals surface area contributed by atoms with Gasteiger partial charge < -0.3 is 14.9 Å². The summed E-state index contributed by atoms with van der Waals surface area (Å²) in [6.45, 7) is 4.40. The van der Waals surface area contributed by atoms with Crippen molar-refractivity contribution in [2.75, 3.05) is 13.2 Å². The SMILES string of the molecule is CC(C)CCC[C@@H](O)[C@@H]1C(=O)OC[C@H]1CO. The average Bonchev–Trinajstić information content (AvgIpc) is 2.58. The lowest BCUT2D eigenvalue weighted by molar-refractivity contribution is -0.144. The number of carbonyl (C=O) groups is 1. The molecular formula is C12H22O4. The molecule has 1 rings (SSSR count). The molecule has 3 atom stereocenters. The summed E-state index contributed by atoms with van der Waals surface area (Å²) in [7, 11) is 0. The van der Waals surface area contributed by atoms with Gasteiger partial charge in [-0.15, -0.1) is 0 Å². The summed E-state index contributed by atoms with van der Waals surface area (Å²) in [5.74, 6) is -0.522. The van der Waals surface area contributed by atoms with Crippen LogP contribution >= 0.6 is 0 Å². The molecule has 0 aliphatic carbocycles. The second-order valence-corrected chi connectivity index (χ2v) is 4.99. The summed E-state index contributed by atoms with van der Waals surface area (Å²) in [6, 6.07) is 0. The molecule has 1 aliphatic rings. The van der Waals surface area contributed by atoms with E-state index in [0.717, 1.165) is 12.8 Å². The van der Waals surface area contributed by atoms with E-state index in [1.807, 2.05) is 0 Å². The molecule has 1 heterocycles. The Kier molecular flexibility index (Phi) is 5.22. The number of carbonyl (C=O) groups excluding carboxylic acids is 1. The maximum atomic E-state index is 11.4. The largest absolute Gasteiger partial charge is 0.465 e. The van der Waals surface area contributed by atoms with Crippen molar-refractivity contribution in [3.05, 3.63) is 0 Å². The molecule has 0 spiro atoms. The van der Waals surface area contributed by atoms with Crippen LogP contribution < -0.4 is 0 Å². The first-order valence-corrected chi connectivity index (χ1v) is 6.01. The number of hydrogen-bond donors (Lipinski definition) is 2. The average molecular weight is 230 g/mol. The molecule has 1 fully saturated rings. The third kappa shape index (κ3) is 3.46. The molecule has 16 heavy (non-hydrogen) atoms. The van der Waals surface area contributed by atoms with E-state index >= 15 is 0 Å². The Morgan fingerprint density at radius 2 is 2.12 bits per heavy atom. The molecule has 1 saturated heterocycles. The van der Waals surface area contributed by atoms with Crippen molar-refractivity contribution < 1.29 is 19.7 Å². The van der Waals surface area contributed by atoms with E-state index in [2.05, 4.69) is 13.8 Å². The first-order valence-electron chi connectivity index (χ1n) is 6.01. The fourth-order valence-corrected chi connectivity index (χ4v) is 2.13. The number of cyclic esters (lactones) is 1. The summed E-state index contributed by atoms with van der Waals surface area (Å²) in [5.41, 5.74) is 0. The molecule has 0 unspecified atom stereocenters. The Bertz CT molecular complexity index is 227. The summed E-state index contributed by atoms with van der Waals surface area (Å²) in [4.78, 5) is 11.4. The van der Waals surface area contributed by atoms with E-state index in [1.165, 1.54) is 0 Å². The normalized spacial score (nSPS) is 27.2. The van der Waals surface area contributed by atoms with Gasteiger partial charge in [0.1, 0.15) is 0 Å². The van der Waals surface area contributed by atoms with Gasteiger partial charge in [0.2, 0.25) is 0 Å². The van der Waals surface area contributed by atoms with Crippen LogP contribution in [0.1, 0.15) is 33.1 Å². The number of aliphatic hydroxyl groups excluding tert-OH is 2. The zero-order valence-corrected chi connectivity index (χ0v) is 10.1. The van der Waals surface area contributed by atoms with Crippen LogP contribution in [0, 0.1) is 17.8 Å². The third-order valence-electron chi connectivity index (χ3n) is 3.15. The van der Waals surface area contributed by atoms with Gasteiger partial charge in [-0.1, -0.05) is 26.7 Å². The van der Waals surface area contributed by atoms with Crippen molar-refractivity contribution in [3.8, 4) is 0 Å². The van der Waals surface area contributed by atoms with Crippen molar-refractivity contribution >= 4 is 5.97 Å². The zero-order chi connectivity index (χ0) is 12.1. The molecule has 0 amide bonds. The fourth-order valence-electron chi connectivity index (χ4n) is 2.13. The van der Waals surface area contributed by atoms with Crippen LogP contribution in [-0.4, -0.2) is 35.5 Å². The number of aliphatic hydroxyl groups is 2. The highest BCUT2D eigenvalue weighted by Crippen LogP contribution is 2.27. The van der Waals surface area contributed by atoms with Gasteiger partial charge >= 0.3 is 5.97 Å². The van der Waals surface area contributed by atoms with Gasteiger partial charge in [0.25, 0.3) is 0 Å². The van der Waals surface area contributed by atoms with Crippen LogP contribution in [-0.2, 0) is 9.53 Å². The standard InChI is InChI=1S/C12H22O4/c1-8(2)4-3-5-10(14)11-9(6-13)7-16-12(11)15/h8-11,13-14H,3-7H2,1-2H3/t9-,10-,11-/m1/s1. The van der Waals surface area contributed by atoms with Crippen molar-refractivity contribution in [2.24, 2.45) is 17.8 Å². The zero-order valence-electron chi connectivity index (χ0n) is 10.1. The lowest BCUT2D eigenvalue weighted by Gasteiger charge is -2.19. The Hall–Kier alpha value is -0.610. The third-order valence-corrected chi connectivity index (χ3v) is 3.15. The van der Waals surface area contributed by atoms with Gasteiger partial charge in [-0.2, -0.15) is 0 Å². The van der Waals surface area contributed by atoms with E-state index < -0.39 is 12.0 Å². The van der Waals surface area contributed by atoms with Gasteiger partial charge in [-0.3, -0.25) is 4.79 Å². The molecule has 0 saturated carbocycles. The predicted octanol–water partition coefficient (Wildman–Crippen LogP) is 0.955. The van der Waals surface area contributed by atoms with Gasteiger partial charge in [0.05, 0.1) is 25.2 Å². The lowest BCUT2D eigenvalue weighted by atomic mass is 9.87. The van der Waals surface area contributed by atoms with Crippen LogP contribution in [0.4, 0.5) is 0 Å². The van der Waals surface area contributed by atoms with Crippen LogP contribution in [0.3, 0.4) is 0 Å². The van der Waals surface area contributed by atoms with Crippen LogP contribution in [0.25, 0.3) is 0 Å². The number of hydrogen-bond acceptors (Lipinski definition) is 4. The number of esters is 1. The smallest absolute Gasteiger partial charge is 0.312 e. The monoisotopic (exact) mass is 230 g/mol. The van der Waals surface area contributed by atoms with Gasteiger partial charge in [0.15, 0.2) is 0 Å². The summed E-state index contributed by atoms with van der Waals surface area (Å²) in [6.07, 6.45) is 1.88. The van der Waals surface area contributed by atoms with Crippen molar-refractivity contribution in [3.63, 3.8) is 0 Å². The van der Waals surface area contributed by atoms with Gasteiger partial charge in [-0.25, -0.2) is 0 Å². The highest BCUT2D eigenvalue weighted by molar-refractivity contribution is 5.75. The fraction of sp³-hybridized carbons (Fsp3) is 0.917.